The first-order valence-electron chi connectivity index (χ1n) is 5.76. The van der Waals surface area contributed by atoms with Crippen molar-refractivity contribution >= 4 is 44.3 Å². The van der Waals surface area contributed by atoms with Gasteiger partial charge in [-0.05, 0) is 58.7 Å². The second-order valence-corrected chi connectivity index (χ2v) is 5.70. The number of rotatable bonds is 1. The fraction of sp³-hybridized carbons (Fsp3) is 0.0714. The fourth-order valence-corrected chi connectivity index (χ4v) is 2.73. The molecule has 0 aliphatic heterocycles. The largest absolute Gasteiger partial charge is 0.399 e. The van der Waals surface area contributed by atoms with Crippen molar-refractivity contribution in [2.75, 3.05) is 5.73 Å². The molecule has 2 aromatic carbocycles. The zero-order valence-electron chi connectivity index (χ0n) is 10.2. The van der Waals surface area contributed by atoms with Crippen molar-refractivity contribution in [1.82, 2.24) is 9.97 Å². The summed E-state index contributed by atoms with van der Waals surface area (Å²) in [6.07, 6.45) is 0. The van der Waals surface area contributed by atoms with Crippen LogP contribution in [0.5, 0.6) is 0 Å². The van der Waals surface area contributed by atoms with E-state index in [4.69, 9.17) is 17.3 Å². The summed E-state index contributed by atoms with van der Waals surface area (Å²) in [6, 6.07) is 9.52. The Morgan fingerprint density at radius 3 is 2.79 bits per heavy atom. The zero-order valence-corrected chi connectivity index (χ0v) is 12.5. The van der Waals surface area contributed by atoms with Crippen LogP contribution < -0.4 is 5.73 Å². The second kappa shape index (κ2) is 4.54. The Labute approximate surface area is 123 Å². The highest BCUT2D eigenvalue weighted by atomic mass is 79.9. The van der Waals surface area contributed by atoms with Gasteiger partial charge in [0.15, 0.2) is 0 Å². The van der Waals surface area contributed by atoms with Crippen LogP contribution in [0.4, 0.5) is 5.69 Å². The average molecular weight is 337 g/mol. The predicted molar refractivity (Wildman–Crippen MR) is 83.4 cm³/mol. The average Bonchev–Trinajstić information content (AvgIpc) is 2.72. The molecule has 0 aliphatic carbocycles. The molecule has 3 nitrogen and oxygen atoms in total. The summed E-state index contributed by atoms with van der Waals surface area (Å²) in [5.41, 5.74) is 10.3. The quantitative estimate of drug-likeness (QED) is 0.641. The minimum Gasteiger partial charge on any atom is -0.399 e. The monoisotopic (exact) mass is 335 g/mol. The second-order valence-electron chi connectivity index (χ2n) is 4.44. The number of anilines is 1. The summed E-state index contributed by atoms with van der Waals surface area (Å²) in [5, 5.41) is 0.724. The molecule has 0 atom stereocenters. The maximum Gasteiger partial charge on any atom is 0.139 e. The molecule has 96 valence electrons. The summed E-state index contributed by atoms with van der Waals surface area (Å²) < 4.78 is 0.911. The first-order chi connectivity index (χ1) is 9.04. The van der Waals surface area contributed by atoms with Crippen LogP contribution in [0.3, 0.4) is 0 Å². The summed E-state index contributed by atoms with van der Waals surface area (Å²) in [4.78, 5) is 7.86. The summed E-state index contributed by atoms with van der Waals surface area (Å²) in [7, 11) is 0. The van der Waals surface area contributed by atoms with Crippen LogP contribution in [0.1, 0.15) is 5.56 Å². The third kappa shape index (κ3) is 2.22. The first kappa shape index (κ1) is 12.5. The van der Waals surface area contributed by atoms with Gasteiger partial charge in [-0.2, -0.15) is 0 Å². The van der Waals surface area contributed by atoms with Gasteiger partial charge in [-0.1, -0.05) is 11.6 Å². The molecule has 0 spiro atoms. The smallest absolute Gasteiger partial charge is 0.139 e. The van der Waals surface area contributed by atoms with Crippen molar-refractivity contribution in [3.63, 3.8) is 0 Å². The number of nitrogens with two attached hydrogens (primary N) is 1. The number of benzene rings is 2. The van der Waals surface area contributed by atoms with Gasteiger partial charge in [0.2, 0.25) is 0 Å². The van der Waals surface area contributed by atoms with Crippen LogP contribution in [0.2, 0.25) is 5.02 Å². The van der Waals surface area contributed by atoms with Gasteiger partial charge in [-0.25, -0.2) is 4.98 Å². The van der Waals surface area contributed by atoms with Gasteiger partial charge in [-0.3, -0.25) is 0 Å². The Morgan fingerprint density at radius 2 is 2.05 bits per heavy atom. The Bertz CT molecular complexity index is 741. The van der Waals surface area contributed by atoms with E-state index >= 15 is 0 Å². The summed E-state index contributed by atoms with van der Waals surface area (Å²) >= 11 is 9.62. The predicted octanol–water partition coefficient (Wildman–Crippen LogP) is 4.54. The van der Waals surface area contributed by atoms with Crippen molar-refractivity contribution in [3.05, 3.63) is 45.4 Å². The number of aromatic amines is 1. The van der Waals surface area contributed by atoms with Crippen LogP contribution >= 0.6 is 27.5 Å². The van der Waals surface area contributed by atoms with E-state index in [1.165, 1.54) is 0 Å². The van der Waals surface area contributed by atoms with E-state index in [0.29, 0.717) is 5.69 Å². The summed E-state index contributed by atoms with van der Waals surface area (Å²) in [6.45, 7) is 1.97. The van der Waals surface area contributed by atoms with Gasteiger partial charge in [-0.15, -0.1) is 0 Å². The molecule has 0 radical (unpaired) electrons. The number of aryl methyl sites for hydroxylation is 1. The molecule has 5 heteroatoms. The molecule has 3 aromatic rings. The van der Waals surface area contributed by atoms with Crippen LogP contribution in [0, 0.1) is 6.92 Å². The highest BCUT2D eigenvalue weighted by molar-refractivity contribution is 9.10. The first-order valence-corrected chi connectivity index (χ1v) is 6.93. The number of nitrogens with one attached hydrogen (secondary N) is 1. The van der Waals surface area contributed by atoms with Crippen LogP contribution in [0.25, 0.3) is 22.4 Å². The minimum absolute atomic E-state index is 0.714. The Hall–Kier alpha value is -1.52. The number of imidazole rings is 1. The molecule has 3 N–H and O–H groups in total. The fourth-order valence-electron chi connectivity index (χ4n) is 1.99. The molecular formula is C14H11BrClN3. The van der Waals surface area contributed by atoms with Gasteiger partial charge in [0.1, 0.15) is 5.82 Å². The molecule has 3 rings (SSSR count). The van der Waals surface area contributed by atoms with E-state index in [9.17, 15) is 0 Å². The van der Waals surface area contributed by atoms with Crippen molar-refractivity contribution in [1.29, 1.82) is 0 Å². The molecule has 0 unspecified atom stereocenters. The number of fused-ring (bicyclic) bond motifs is 1. The number of halogens is 2. The van der Waals surface area contributed by atoms with Gasteiger partial charge in [0, 0.05) is 20.7 Å². The molecule has 1 heterocycles. The minimum atomic E-state index is 0.714. The van der Waals surface area contributed by atoms with Crippen molar-refractivity contribution < 1.29 is 0 Å². The van der Waals surface area contributed by atoms with E-state index in [2.05, 4.69) is 25.9 Å². The van der Waals surface area contributed by atoms with E-state index in [1.807, 2.05) is 37.3 Å². The molecule has 0 fully saturated rings. The number of aromatic nitrogens is 2. The zero-order chi connectivity index (χ0) is 13.6. The lowest BCUT2D eigenvalue weighted by molar-refractivity contribution is 1.33. The summed E-state index contributed by atoms with van der Waals surface area (Å²) in [5.74, 6) is 0.795. The highest BCUT2D eigenvalue weighted by Gasteiger charge is 2.10. The molecular weight excluding hydrogens is 326 g/mol. The SMILES string of the molecule is Cc1cc2[nH]c(-c3ccc(N)cc3Br)nc2cc1Cl. The van der Waals surface area contributed by atoms with Crippen LogP contribution in [0.15, 0.2) is 34.8 Å². The number of nitrogens with zero attached hydrogens (tertiary/aromatic N) is 1. The van der Waals surface area contributed by atoms with Crippen LogP contribution in [-0.4, -0.2) is 9.97 Å². The number of hydrogen-bond donors (Lipinski definition) is 2. The van der Waals surface area contributed by atoms with E-state index in [-0.39, 0.29) is 0 Å². The van der Waals surface area contributed by atoms with Crippen molar-refractivity contribution in [2.24, 2.45) is 0 Å². The van der Waals surface area contributed by atoms with Crippen molar-refractivity contribution in [2.45, 2.75) is 6.92 Å². The molecule has 0 bridgehead atoms. The number of hydrogen-bond acceptors (Lipinski definition) is 2. The lowest BCUT2D eigenvalue weighted by Gasteiger charge is -2.01. The van der Waals surface area contributed by atoms with Crippen molar-refractivity contribution in [3.8, 4) is 11.4 Å². The molecule has 0 saturated carbocycles. The number of nitrogen functional groups attached to an aromatic ring is 1. The highest BCUT2D eigenvalue weighted by Crippen LogP contribution is 2.30. The maximum atomic E-state index is 6.12. The van der Waals surface area contributed by atoms with Gasteiger partial charge < -0.3 is 10.7 Å². The third-order valence-electron chi connectivity index (χ3n) is 3.01. The van der Waals surface area contributed by atoms with Gasteiger partial charge in [0.25, 0.3) is 0 Å². The molecule has 1 aromatic heterocycles. The van der Waals surface area contributed by atoms with Gasteiger partial charge in [0.05, 0.1) is 11.0 Å². The van der Waals surface area contributed by atoms with E-state index < -0.39 is 0 Å². The maximum absolute atomic E-state index is 6.12. The molecule has 19 heavy (non-hydrogen) atoms. The number of H-pyrrole nitrogens is 1. The Balaban J connectivity index is 2.20. The van der Waals surface area contributed by atoms with E-state index in [1.54, 1.807) is 0 Å². The molecule has 0 aliphatic rings. The molecule has 0 amide bonds. The lowest BCUT2D eigenvalue weighted by Crippen LogP contribution is -1.87. The lowest BCUT2D eigenvalue weighted by atomic mass is 10.2. The third-order valence-corrected chi connectivity index (χ3v) is 4.07. The van der Waals surface area contributed by atoms with Crippen LogP contribution in [-0.2, 0) is 0 Å². The Kier molecular flexibility index (Phi) is 2.99. The van der Waals surface area contributed by atoms with Gasteiger partial charge >= 0.3 is 0 Å². The normalized spacial score (nSPS) is 11.1. The topological polar surface area (TPSA) is 54.7 Å². The molecule has 0 saturated heterocycles. The Morgan fingerprint density at radius 1 is 1.26 bits per heavy atom. The van der Waals surface area contributed by atoms with E-state index in [0.717, 1.165) is 37.5 Å². The standard InChI is InChI=1S/C14H11BrClN3/c1-7-4-12-13(6-11(7)16)19-14(18-12)9-3-2-8(17)5-10(9)15/h2-6H,17H2,1H3,(H,18,19).